The maximum Gasteiger partial charge on any atom is 0.328 e. The standard InChI is InChI=1S/C30H40N2O6/c1-7-37-26(34)20(14-17(2)3)31-25(33)19-16-28-10-11-30(19,36-6)27-29(28)12-13-32(4)22(28)15-18-8-9-21(35-5)24(38-27)23(18)29/h8-11,17,19-20,22,27H,7,12-16H2,1-6H3,(H,31,33)/t19-,20-,22-,27+,28+,29-,30-/m0/s1. The summed E-state index contributed by atoms with van der Waals surface area (Å²) >= 11 is 0. The monoisotopic (exact) mass is 524 g/mol. The van der Waals surface area contributed by atoms with Crippen LogP contribution in [0.2, 0.25) is 0 Å². The Kier molecular flexibility index (Phi) is 5.89. The minimum absolute atomic E-state index is 0.179. The molecule has 1 saturated carbocycles. The van der Waals surface area contributed by atoms with E-state index in [1.807, 2.05) is 19.9 Å². The van der Waals surface area contributed by atoms with Crippen molar-refractivity contribution in [3.63, 3.8) is 0 Å². The summed E-state index contributed by atoms with van der Waals surface area (Å²) in [7, 11) is 5.55. The highest BCUT2D eigenvalue weighted by atomic mass is 16.6. The van der Waals surface area contributed by atoms with Crippen LogP contribution in [-0.2, 0) is 30.9 Å². The number of carbonyl (C=O) groups is 2. The molecule has 0 aromatic heterocycles. The van der Waals surface area contributed by atoms with Crippen LogP contribution in [0.1, 0.15) is 51.2 Å². The van der Waals surface area contributed by atoms with Gasteiger partial charge in [-0.3, -0.25) is 4.79 Å². The smallest absolute Gasteiger partial charge is 0.328 e. The van der Waals surface area contributed by atoms with Crippen LogP contribution in [-0.4, -0.2) is 75.0 Å². The second-order valence-electron chi connectivity index (χ2n) is 12.2. The maximum atomic E-state index is 14.2. The highest BCUT2D eigenvalue weighted by Gasteiger charge is 2.79. The number of esters is 1. The van der Waals surface area contributed by atoms with Crippen LogP contribution in [0.4, 0.5) is 0 Å². The molecule has 2 fully saturated rings. The third kappa shape index (κ3) is 3.04. The quantitative estimate of drug-likeness (QED) is 0.413. The van der Waals surface area contributed by atoms with E-state index in [4.69, 9.17) is 18.9 Å². The molecule has 1 N–H and O–H groups in total. The minimum Gasteiger partial charge on any atom is -0.493 e. The van der Waals surface area contributed by atoms with Crippen molar-refractivity contribution >= 4 is 11.9 Å². The predicted molar refractivity (Wildman–Crippen MR) is 141 cm³/mol. The van der Waals surface area contributed by atoms with Gasteiger partial charge in [0.25, 0.3) is 0 Å². The molecule has 2 heterocycles. The number of hydrogen-bond donors (Lipinski definition) is 1. The summed E-state index contributed by atoms with van der Waals surface area (Å²) in [5.41, 5.74) is 0.983. The number of methoxy groups -OCH3 is 2. The Morgan fingerprint density at radius 2 is 2.03 bits per heavy atom. The number of amides is 1. The van der Waals surface area contributed by atoms with Gasteiger partial charge in [0.05, 0.1) is 25.0 Å². The van der Waals surface area contributed by atoms with Gasteiger partial charge in [-0.25, -0.2) is 4.79 Å². The van der Waals surface area contributed by atoms with E-state index in [1.165, 1.54) is 11.1 Å². The van der Waals surface area contributed by atoms with E-state index in [2.05, 4.69) is 35.5 Å². The zero-order chi connectivity index (χ0) is 27.0. The summed E-state index contributed by atoms with van der Waals surface area (Å²) in [4.78, 5) is 29.4. The fourth-order valence-corrected chi connectivity index (χ4v) is 8.70. The number of carbonyl (C=O) groups excluding carboxylic acids is 2. The van der Waals surface area contributed by atoms with Crippen LogP contribution in [0.3, 0.4) is 0 Å². The molecule has 4 bridgehead atoms. The van der Waals surface area contributed by atoms with Gasteiger partial charge in [0.15, 0.2) is 11.5 Å². The fourth-order valence-electron chi connectivity index (χ4n) is 8.70. The highest BCUT2D eigenvalue weighted by molar-refractivity contribution is 5.88. The Bertz CT molecular complexity index is 1200. The first kappa shape index (κ1) is 25.7. The van der Waals surface area contributed by atoms with E-state index in [0.29, 0.717) is 12.8 Å². The van der Waals surface area contributed by atoms with Gasteiger partial charge >= 0.3 is 5.97 Å². The SMILES string of the molecule is CCOC(=O)[C@H](CC(C)C)NC(=O)[C@@H]1C[C@@]23C=C[C@@]1(OC)[C@@H]1Oc4c(OC)ccc5c4[C@@]12CCN(C)[C@H]3C5. The Balaban J connectivity index is 1.46. The largest absolute Gasteiger partial charge is 0.493 e. The number of nitrogens with one attached hydrogen (secondary N) is 1. The number of piperidine rings is 1. The van der Waals surface area contributed by atoms with Crippen LogP contribution in [0.25, 0.3) is 0 Å². The van der Waals surface area contributed by atoms with Gasteiger partial charge < -0.3 is 29.2 Å². The van der Waals surface area contributed by atoms with Gasteiger partial charge in [0.1, 0.15) is 17.7 Å². The summed E-state index contributed by atoms with van der Waals surface area (Å²) in [6.07, 6.45) is 7.02. The lowest BCUT2D eigenvalue weighted by atomic mass is 9.37. The Morgan fingerprint density at radius 1 is 1.24 bits per heavy atom. The van der Waals surface area contributed by atoms with Crippen molar-refractivity contribution in [2.24, 2.45) is 17.3 Å². The second-order valence-corrected chi connectivity index (χ2v) is 12.2. The van der Waals surface area contributed by atoms with Crippen molar-refractivity contribution in [3.8, 4) is 11.5 Å². The number of likely N-dealkylation sites (tertiary alicyclic amines) is 1. The first-order valence-corrected chi connectivity index (χ1v) is 14.0. The van der Waals surface area contributed by atoms with Gasteiger partial charge in [0.2, 0.25) is 5.91 Å². The third-order valence-electron chi connectivity index (χ3n) is 10.2. The molecule has 8 nitrogen and oxygen atoms in total. The summed E-state index contributed by atoms with van der Waals surface area (Å²) in [6, 6.07) is 3.72. The molecule has 7 atom stereocenters. The van der Waals surface area contributed by atoms with Crippen molar-refractivity contribution in [1.29, 1.82) is 0 Å². The van der Waals surface area contributed by atoms with Crippen molar-refractivity contribution in [2.75, 3.05) is 34.4 Å². The van der Waals surface area contributed by atoms with Crippen molar-refractivity contribution in [3.05, 3.63) is 35.4 Å². The number of hydrogen-bond acceptors (Lipinski definition) is 7. The molecule has 6 aliphatic rings. The molecule has 1 aromatic carbocycles. The van der Waals surface area contributed by atoms with Gasteiger partial charge in [0, 0.05) is 24.1 Å². The predicted octanol–water partition coefficient (Wildman–Crippen LogP) is 3.01. The van der Waals surface area contributed by atoms with Gasteiger partial charge in [-0.15, -0.1) is 0 Å². The molecular weight excluding hydrogens is 484 g/mol. The third-order valence-corrected chi connectivity index (χ3v) is 10.2. The Morgan fingerprint density at radius 3 is 2.71 bits per heavy atom. The van der Waals surface area contributed by atoms with Gasteiger partial charge in [-0.1, -0.05) is 32.1 Å². The molecule has 8 heteroatoms. The van der Waals surface area contributed by atoms with Crippen LogP contribution >= 0.6 is 0 Å². The zero-order valence-corrected chi connectivity index (χ0v) is 23.3. The lowest BCUT2D eigenvalue weighted by Crippen LogP contribution is -2.80. The van der Waals surface area contributed by atoms with E-state index in [0.717, 1.165) is 30.9 Å². The normalized spacial score (nSPS) is 36.4. The molecular formula is C30H40N2O6. The molecule has 1 amide bonds. The first-order chi connectivity index (χ1) is 18.2. The van der Waals surface area contributed by atoms with Crippen molar-refractivity contribution < 1.29 is 28.5 Å². The lowest BCUT2D eigenvalue weighted by molar-refractivity contribution is -0.214. The molecule has 38 heavy (non-hydrogen) atoms. The second kappa shape index (κ2) is 8.71. The van der Waals surface area contributed by atoms with Crippen molar-refractivity contribution in [1.82, 2.24) is 10.2 Å². The first-order valence-electron chi connectivity index (χ1n) is 14.0. The van der Waals surface area contributed by atoms with Crippen LogP contribution < -0.4 is 14.8 Å². The molecule has 7 rings (SSSR count). The number of nitrogens with zero attached hydrogens (tertiary/aromatic N) is 1. The van der Waals surface area contributed by atoms with Crippen LogP contribution in [0.5, 0.6) is 11.5 Å². The lowest BCUT2D eigenvalue weighted by Gasteiger charge is -2.70. The van der Waals surface area contributed by atoms with E-state index in [9.17, 15) is 9.59 Å². The number of likely N-dealkylation sites (N-methyl/N-ethyl adjacent to an activating group) is 1. The summed E-state index contributed by atoms with van der Waals surface area (Å²) < 4.78 is 24.4. The average Bonchev–Trinajstić information content (AvgIpc) is 3.27. The molecule has 1 aromatic rings. The summed E-state index contributed by atoms with van der Waals surface area (Å²) in [5.74, 6) is 0.664. The number of fused-ring (bicyclic) bond motifs is 1. The molecule has 2 spiro atoms. The van der Waals surface area contributed by atoms with E-state index < -0.39 is 17.6 Å². The molecule has 1 saturated heterocycles. The Labute approximate surface area is 225 Å². The molecule has 206 valence electrons. The number of benzene rings is 1. The van der Waals surface area contributed by atoms with Gasteiger partial charge in [-0.2, -0.15) is 0 Å². The molecule has 2 aliphatic heterocycles. The average molecular weight is 525 g/mol. The van der Waals surface area contributed by atoms with Crippen molar-refractivity contribution in [2.45, 2.75) is 75.7 Å². The number of ether oxygens (including phenoxy) is 4. The van der Waals surface area contributed by atoms with E-state index in [1.54, 1.807) is 21.1 Å². The summed E-state index contributed by atoms with van der Waals surface area (Å²) in [6.45, 7) is 7.08. The summed E-state index contributed by atoms with van der Waals surface area (Å²) in [5, 5.41) is 3.08. The Hall–Kier alpha value is -2.58. The highest BCUT2D eigenvalue weighted by Crippen LogP contribution is 2.74. The number of rotatable bonds is 8. The van der Waals surface area contributed by atoms with Gasteiger partial charge in [-0.05, 0) is 63.7 Å². The van der Waals surface area contributed by atoms with E-state index in [-0.39, 0.29) is 47.4 Å². The molecule has 4 aliphatic carbocycles. The maximum absolute atomic E-state index is 14.2. The molecule has 0 unspecified atom stereocenters. The molecule has 0 radical (unpaired) electrons. The van der Waals surface area contributed by atoms with Crippen LogP contribution in [0.15, 0.2) is 24.3 Å². The van der Waals surface area contributed by atoms with Crippen LogP contribution in [0, 0.1) is 17.3 Å². The topological polar surface area (TPSA) is 86.3 Å². The zero-order valence-electron chi connectivity index (χ0n) is 23.3. The minimum atomic E-state index is -0.970. The van der Waals surface area contributed by atoms with E-state index >= 15 is 0 Å². The fraction of sp³-hybridized carbons (Fsp3) is 0.667.